The predicted octanol–water partition coefficient (Wildman–Crippen LogP) is 2.47. The highest BCUT2D eigenvalue weighted by Crippen LogP contribution is 2.72. The third-order valence-corrected chi connectivity index (χ3v) is 9.09. The van der Waals surface area contributed by atoms with Crippen LogP contribution in [-0.4, -0.2) is 18.6 Å². The lowest BCUT2D eigenvalue weighted by Crippen LogP contribution is -2.07. The topological polar surface area (TPSA) is 26.3 Å². The Morgan fingerprint density at radius 3 is 2.55 bits per heavy atom. The smallest absolute Gasteiger partial charge is 0.313 e. The summed E-state index contributed by atoms with van der Waals surface area (Å²) in [6.07, 6.45) is 5.23. The molecular weight excluding hydrogens is 199 g/mol. The van der Waals surface area contributed by atoms with E-state index in [4.69, 9.17) is 10.9 Å². The zero-order valence-corrected chi connectivity index (χ0v) is 8.68. The Bertz CT molecular complexity index is 211. The minimum absolute atomic E-state index is 0.252. The molecule has 1 aliphatic rings. The van der Waals surface area contributed by atoms with E-state index in [0.29, 0.717) is 0 Å². The summed E-state index contributed by atoms with van der Waals surface area (Å²) >= 11 is 2.70. The van der Waals surface area contributed by atoms with E-state index in [2.05, 4.69) is 5.92 Å². The van der Waals surface area contributed by atoms with Crippen LogP contribution >= 0.6 is 28.5 Å². The molecule has 0 amide bonds. The maximum Gasteiger partial charge on any atom is 0.313 e. The molecule has 1 aliphatic heterocycles. The van der Waals surface area contributed by atoms with Gasteiger partial charge in [-0.15, -0.1) is 12.3 Å². The lowest BCUT2D eigenvalue weighted by atomic mass is 10.2. The molecule has 2 nitrogen and oxygen atoms in total. The second kappa shape index (κ2) is 3.91. The number of hydrogen-bond donors (Lipinski definition) is 0. The van der Waals surface area contributed by atoms with Crippen LogP contribution in [0.4, 0.5) is 0 Å². The molecule has 1 fully saturated rings. The van der Waals surface area contributed by atoms with Crippen molar-refractivity contribution in [3.8, 4) is 12.3 Å². The Morgan fingerprint density at radius 2 is 2.18 bits per heavy atom. The van der Waals surface area contributed by atoms with Gasteiger partial charge in [0, 0.05) is 24.5 Å². The van der Waals surface area contributed by atoms with Crippen LogP contribution in [0.25, 0.3) is 0 Å². The highest BCUT2D eigenvalue weighted by Gasteiger charge is 2.30. The van der Waals surface area contributed by atoms with Gasteiger partial charge in [0.25, 0.3) is 0 Å². The molecule has 0 aromatic heterocycles. The quantitative estimate of drug-likeness (QED) is 0.488. The van der Waals surface area contributed by atoms with Crippen molar-refractivity contribution < 1.29 is 9.09 Å². The zero-order chi connectivity index (χ0) is 8.32. The van der Waals surface area contributed by atoms with E-state index >= 15 is 0 Å². The summed E-state index contributed by atoms with van der Waals surface area (Å²) < 4.78 is 16.4. The van der Waals surface area contributed by atoms with Crippen molar-refractivity contribution in [3.63, 3.8) is 0 Å². The summed E-state index contributed by atoms with van der Waals surface area (Å²) in [7, 11) is 1.48. The summed E-state index contributed by atoms with van der Waals surface area (Å²) in [6, 6.07) is 0. The molecule has 0 saturated carbocycles. The van der Waals surface area contributed by atoms with Gasteiger partial charge in [-0.3, -0.25) is 4.57 Å². The minimum Gasteiger partial charge on any atom is -0.317 e. The molecule has 1 rings (SSSR count). The molecule has 62 valence electrons. The average molecular weight is 208 g/mol. The summed E-state index contributed by atoms with van der Waals surface area (Å²) in [5.74, 6) is 2.01. The third kappa shape index (κ3) is 2.45. The highest BCUT2D eigenvalue weighted by atomic mass is 33.1. The van der Waals surface area contributed by atoms with Gasteiger partial charge in [0.15, 0.2) is 0 Å². The lowest BCUT2D eigenvalue weighted by Gasteiger charge is -2.22. The van der Waals surface area contributed by atoms with E-state index in [9.17, 15) is 4.57 Å². The third-order valence-electron chi connectivity index (χ3n) is 1.33. The van der Waals surface area contributed by atoms with Gasteiger partial charge in [0.1, 0.15) is 0 Å². The molecule has 0 aliphatic carbocycles. The van der Waals surface area contributed by atoms with Gasteiger partial charge in [-0.2, -0.15) is 0 Å². The predicted molar refractivity (Wildman–Crippen MR) is 51.9 cm³/mol. The van der Waals surface area contributed by atoms with Crippen LogP contribution in [0.3, 0.4) is 0 Å². The Labute approximate surface area is 74.8 Å². The van der Waals surface area contributed by atoms with E-state index in [1.807, 2.05) is 0 Å². The first-order chi connectivity index (χ1) is 5.20. The minimum atomic E-state index is -2.41. The summed E-state index contributed by atoms with van der Waals surface area (Å²) in [5.41, 5.74) is 0. The van der Waals surface area contributed by atoms with E-state index in [-0.39, 0.29) is 5.92 Å². The highest BCUT2D eigenvalue weighted by molar-refractivity contribution is 8.89. The Kier molecular flexibility index (Phi) is 3.39. The fourth-order valence-corrected chi connectivity index (χ4v) is 7.03. The molecule has 11 heavy (non-hydrogen) atoms. The van der Waals surface area contributed by atoms with E-state index < -0.39 is 5.77 Å². The second-order valence-electron chi connectivity index (χ2n) is 2.08. The molecule has 1 saturated heterocycles. The van der Waals surface area contributed by atoms with Gasteiger partial charge in [-0.25, -0.2) is 0 Å². The maximum atomic E-state index is 11.5. The molecule has 0 spiro atoms. The van der Waals surface area contributed by atoms with Crippen molar-refractivity contribution in [2.75, 3.05) is 18.6 Å². The standard InChI is InChI=1S/C6H9O2PS2/c1-3-6-4-10-9(7,8-2)11-5-6/h1,6H,4-5H2,2H3. The van der Waals surface area contributed by atoms with Crippen molar-refractivity contribution in [1.29, 1.82) is 0 Å². The van der Waals surface area contributed by atoms with Gasteiger partial charge in [0.2, 0.25) is 0 Å². The second-order valence-corrected chi connectivity index (χ2v) is 9.65. The van der Waals surface area contributed by atoms with Crippen LogP contribution in [0.2, 0.25) is 0 Å². The Hall–Kier alpha value is 0.450. The van der Waals surface area contributed by atoms with Gasteiger partial charge in [-0.1, -0.05) is 22.8 Å². The molecular formula is C6H9O2PS2. The fraction of sp³-hybridized carbons (Fsp3) is 0.667. The average Bonchev–Trinajstić information content (AvgIpc) is 2.06. The number of rotatable bonds is 1. The van der Waals surface area contributed by atoms with Crippen LogP contribution in [0.1, 0.15) is 0 Å². The number of hydrogen-bond acceptors (Lipinski definition) is 4. The van der Waals surface area contributed by atoms with Gasteiger partial charge in [0.05, 0.1) is 0 Å². The molecule has 0 N–H and O–H groups in total. The first-order valence-electron chi connectivity index (χ1n) is 3.11. The van der Waals surface area contributed by atoms with Crippen LogP contribution in [-0.2, 0) is 9.09 Å². The molecule has 5 heteroatoms. The fourth-order valence-electron chi connectivity index (χ4n) is 0.650. The SMILES string of the molecule is C#CC1CSP(=O)(OC)SC1. The first kappa shape index (κ1) is 9.54. The van der Waals surface area contributed by atoms with Gasteiger partial charge in [-0.05, 0) is 0 Å². The normalized spacial score (nSPS) is 38.0. The summed E-state index contributed by atoms with van der Waals surface area (Å²) in [6.45, 7) is 0. The first-order valence-corrected chi connectivity index (χ1v) is 7.92. The lowest BCUT2D eigenvalue weighted by molar-refractivity contribution is 0.423. The monoisotopic (exact) mass is 208 g/mol. The van der Waals surface area contributed by atoms with Crippen molar-refractivity contribution >= 4 is 28.5 Å². The largest absolute Gasteiger partial charge is 0.317 e. The van der Waals surface area contributed by atoms with Crippen molar-refractivity contribution in [2.45, 2.75) is 0 Å². The van der Waals surface area contributed by atoms with Crippen molar-refractivity contribution in [1.82, 2.24) is 0 Å². The zero-order valence-electron chi connectivity index (χ0n) is 6.15. The maximum absolute atomic E-state index is 11.5. The van der Waals surface area contributed by atoms with Gasteiger partial charge >= 0.3 is 5.77 Å². The molecule has 0 radical (unpaired) electrons. The van der Waals surface area contributed by atoms with Crippen LogP contribution in [0.15, 0.2) is 0 Å². The van der Waals surface area contributed by atoms with Crippen LogP contribution < -0.4 is 0 Å². The van der Waals surface area contributed by atoms with E-state index in [1.54, 1.807) is 0 Å². The number of terminal acetylenes is 1. The molecule has 0 unspecified atom stereocenters. The molecule has 1 heterocycles. The van der Waals surface area contributed by atoms with Crippen LogP contribution in [0, 0.1) is 18.3 Å². The van der Waals surface area contributed by atoms with E-state index in [0.717, 1.165) is 11.5 Å². The Balaban J connectivity index is 2.49. The van der Waals surface area contributed by atoms with E-state index in [1.165, 1.54) is 29.9 Å². The van der Waals surface area contributed by atoms with Gasteiger partial charge < -0.3 is 4.52 Å². The Morgan fingerprint density at radius 1 is 1.64 bits per heavy atom. The summed E-state index contributed by atoms with van der Waals surface area (Å²) in [4.78, 5) is 0. The molecule has 0 aromatic carbocycles. The van der Waals surface area contributed by atoms with Crippen molar-refractivity contribution in [3.05, 3.63) is 0 Å². The van der Waals surface area contributed by atoms with Crippen LogP contribution in [0.5, 0.6) is 0 Å². The molecule has 0 aromatic rings. The molecule has 0 bridgehead atoms. The summed E-state index contributed by atoms with van der Waals surface area (Å²) in [5, 5.41) is 0. The molecule has 0 atom stereocenters. The van der Waals surface area contributed by atoms with Crippen molar-refractivity contribution in [2.24, 2.45) is 5.92 Å².